The summed E-state index contributed by atoms with van der Waals surface area (Å²) >= 11 is 5.96. The monoisotopic (exact) mass is 305 g/mol. The molecule has 1 aliphatic heterocycles. The number of rotatable bonds is 5. The minimum Gasteiger partial charge on any atom is -0.327 e. The maximum Gasteiger partial charge on any atom is 0.111 e. The van der Waals surface area contributed by atoms with Gasteiger partial charge in [-0.2, -0.15) is 0 Å². The van der Waals surface area contributed by atoms with Gasteiger partial charge in [-0.3, -0.25) is 0 Å². The molecule has 3 nitrogen and oxygen atoms in total. The van der Waals surface area contributed by atoms with Crippen LogP contribution in [0.5, 0.6) is 0 Å². The van der Waals surface area contributed by atoms with Crippen LogP contribution in [0.2, 0.25) is 0 Å². The Hall–Kier alpha value is -1.06. The number of imidazole rings is 1. The standard InChI is InChI=1S/C17H24ClN3/c1-14-6-5-7-15-17(14)19-16(8-9-18)21(15)13-12-20-10-3-2-4-11-20/h5-7H,2-4,8-13H2,1H3. The summed E-state index contributed by atoms with van der Waals surface area (Å²) in [7, 11) is 0. The zero-order valence-corrected chi connectivity index (χ0v) is 13.6. The van der Waals surface area contributed by atoms with E-state index in [0.29, 0.717) is 5.88 Å². The van der Waals surface area contributed by atoms with Crippen LogP contribution in [-0.2, 0) is 13.0 Å². The molecular weight excluding hydrogens is 282 g/mol. The first-order valence-corrected chi connectivity index (χ1v) is 8.56. The van der Waals surface area contributed by atoms with Gasteiger partial charge in [0.1, 0.15) is 5.82 Å². The number of para-hydroxylation sites is 1. The van der Waals surface area contributed by atoms with Crippen LogP contribution in [0.1, 0.15) is 30.7 Å². The van der Waals surface area contributed by atoms with Crippen molar-refractivity contribution in [3.8, 4) is 0 Å². The normalized spacial score (nSPS) is 16.7. The van der Waals surface area contributed by atoms with Gasteiger partial charge in [0.2, 0.25) is 0 Å². The fraction of sp³-hybridized carbons (Fsp3) is 0.588. The van der Waals surface area contributed by atoms with Gasteiger partial charge < -0.3 is 9.47 Å². The molecule has 0 bridgehead atoms. The molecule has 0 aliphatic carbocycles. The first kappa shape index (κ1) is 14.9. The predicted molar refractivity (Wildman–Crippen MR) is 89.2 cm³/mol. The van der Waals surface area contributed by atoms with E-state index in [1.165, 1.54) is 43.4 Å². The summed E-state index contributed by atoms with van der Waals surface area (Å²) in [6.45, 7) is 6.77. The van der Waals surface area contributed by atoms with Crippen molar-refractivity contribution in [2.45, 2.75) is 39.2 Å². The van der Waals surface area contributed by atoms with Crippen LogP contribution in [0.4, 0.5) is 0 Å². The molecule has 0 saturated carbocycles. The van der Waals surface area contributed by atoms with Gasteiger partial charge in [0.25, 0.3) is 0 Å². The highest BCUT2D eigenvalue weighted by molar-refractivity contribution is 6.17. The average molecular weight is 306 g/mol. The van der Waals surface area contributed by atoms with Crippen LogP contribution in [0.3, 0.4) is 0 Å². The molecule has 2 heterocycles. The number of hydrogen-bond acceptors (Lipinski definition) is 2. The number of halogens is 1. The number of likely N-dealkylation sites (tertiary alicyclic amines) is 1. The van der Waals surface area contributed by atoms with Gasteiger partial charge in [-0.1, -0.05) is 18.6 Å². The summed E-state index contributed by atoms with van der Waals surface area (Å²) in [4.78, 5) is 7.40. The Morgan fingerprint density at radius 2 is 1.95 bits per heavy atom. The lowest BCUT2D eigenvalue weighted by atomic mass is 10.1. The van der Waals surface area contributed by atoms with Gasteiger partial charge >= 0.3 is 0 Å². The fourth-order valence-electron chi connectivity index (χ4n) is 3.28. The molecule has 21 heavy (non-hydrogen) atoms. The second-order valence-corrected chi connectivity index (χ2v) is 6.34. The highest BCUT2D eigenvalue weighted by Gasteiger charge is 2.14. The largest absolute Gasteiger partial charge is 0.327 e. The highest BCUT2D eigenvalue weighted by atomic mass is 35.5. The molecule has 3 rings (SSSR count). The summed E-state index contributed by atoms with van der Waals surface area (Å²) < 4.78 is 2.37. The summed E-state index contributed by atoms with van der Waals surface area (Å²) in [6, 6.07) is 6.44. The fourth-order valence-corrected chi connectivity index (χ4v) is 3.45. The van der Waals surface area contributed by atoms with Gasteiger partial charge in [0.15, 0.2) is 0 Å². The van der Waals surface area contributed by atoms with Crippen molar-refractivity contribution in [3.05, 3.63) is 29.6 Å². The zero-order chi connectivity index (χ0) is 14.7. The van der Waals surface area contributed by atoms with Gasteiger partial charge in [-0.15, -0.1) is 11.6 Å². The topological polar surface area (TPSA) is 21.1 Å². The molecule has 1 aliphatic rings. The number of aromatic nitrogens is 2. The number of piperidine rings is 1. The maximum absolute atomic E-state index is 5.96. The van der Waals surface area contributed by atoms with Crippen LogP contribution < -0.4 is 0 Å². The molecule has 4 heteroatoms. The van der Waals surface area contributed by atoms with Gasteiger partial charge in [-0.25, -0.2) is 4.98 Å². The van der Waals surface area contributed by atoms with Crippen molar-refractivity contribution in [1.82, 2.24) is 14.5 Å². The SMILES string of the molecule is Cc1cccc2c1nc(CCCl)n2CCN1CCCCC1. The van der Waals surface area contributed by atoms with Gasteiger partial charge in [0, 0.05) is 25.4 Å². The number of nitrogens with zero attached hydrogens (tertiary/aromatic N) is 3. The van der Waals surface area contributed by atoms with Crippen molar-refractivity contribution in [2.75, 3.05) is 25.5 Å². The first-order chi connectivity index (χ1) is 10.3. The van der Waals surface area contributed by atoms with Gasteiger partial charge in [-0.05, 0) is 44.5 Å². The predicted octanol–water partition coefficient (Wildman–Crippen LogP) is 3.61. The molecule has 0 unspecified atom stereocenters. The third-order valence-electron chi connectivity index (χ3n) is 4.47. The summed E-state index contributed by atoms with van der Waals surface area (Å²) in [5.41, 5.74) is 3.64. The minimum absolute atomic E-state index is 0.631. The summed E-state index contributed by atoms with van der Waals surface area (Å²) in [5.74, 6) is 1.76. The van der Waals surface area contributed by atoms with E-state index >= 15 is 0 Å². The van der Waals surface area contributed by atoms with Crippen molar-refractivity contribution >= 4 is 22.6 Å². The Balaban J connectivity index is 1.84. The molecule has 0 amide bonds. The zero-order valence-electron chi connectivity index (χ0n) is 12.8. The highest BCUT2D eigenvalue weighted by Crippen LogP contribution is 2.20. The first-order valence-electron chi connectivity index (χ1n) is 8.02. The van der Waals surface area contributed by atoms with E-state index in [-0.39, 0.29) is 0 Å². The third-order valence-corrected chi connectivity index (χ3v) is 4.66. The second kappa shape index (κ2) is 6.80. The second-order valence-electron chi connectivity index (χ2n) is 5.96. The lowest BCUT2D eigenvalue weighted by Crippen LogP contribution is -2.32. The molecule has 114 valence electrons. The lowest BCUT2D eigenvalue weighted by Gasteiger charge is -2.26. The molecule has 1 saturated heterocycles. The molecule has 1 fully saturated rings. The third kappa shape index (κ3) is 3.24. The number of fused-ring (bicyclic) bond motifs is 1. The molecule has 0 radical (unpaired) electrons. The number of benzene rings is 1. The number of hydrogen-bond donors (Lipinski definition) is 0. The van der Waals surface area contributed by atoms with Crippen molar-refractivity contribution < 1.29 is 0 Å². The number of alkyl halides is 1. The molecule has 0 atom stereocenters. The quantitative estimate of drug-likeness (QED) is 0.787. The van der Waals surface area contributed by atoms with Crippen LogP contribution in [0, 0.1) is 6.92 Å². The van der Waals surface area contributed by atoms with Crippen molar-refractivity contribution in [3.63, 3.8) is 0 Å². The van der Waals surface area contributed by atoms with E-state index in [9.17, 15) is 0 Å². The Morgan fingerprint density at radius 1 is 1.14 bits per heavy atom. The molecule has 0 N–H and O–H groups in total. The molecular formula is C17H24ClN3. The summed E-state index contributed by atoms with van der Waals surface area (Å²) in [5, 5.41) is 0. The smallest absolute Gasteiger partial charge is 0.111 e. The van der Waals surface area contributed by atoms with E-state index in [4.69, 9.17) is 16.6 Å². The minimum atomic E-state index is 0.631. The van der Waals surface area contributed by atoms with Crippen LogP contribution in [-0.4, -0.2) is 40.0 Å². The van der Waals surface area contributed by atoms with Crippen molar-refractivity contribution in [2.24, 2.45) is 0 Å². The van der Waals surface area contributed by atoms with Gasteiger partial charge in [0.05, 0.1) is 11.0 Å². The van der Waals surface area contributed by atoms with E-state index in [1.54, 1.807) is 0 Å². The summed E-state index contributed by atoms with van der Waals surface area (Å²) in [6.07, 6.45) is 4.92. The Labute approximate surface area is 131 Å². The van der Waals surface area contributed by atoms with Crippen LogP contribution in [0.25, 0.3) is 11.0 Å². The average Bonchev–Trinajstić information content (AvgIpc) is 2.86. The van der Waals surface area contributed by atoms with Crippen LogP contribution in [0.15, 0.2) is 18.2 Å². The van der Waals surface area contributed by atoms with E-state index in [0.717, 1.165) is 30.9 Å². The number of aryl methyl sites for hydroxylation is 2. The molecule has 2 aromatic rings. The van der Waals surface area contributed by atoms with E-state index in [1.807, 2.05) is 0 Å². The maximum atomic E-state index is 5.96. The molecule has 1 aromatic heterocycles. The Kier molecular flexibility index (Phi) is 4.81. The molecule has 1 aromatic carbocycles. The molecule has 0 spiro atoms. The Morgan fingerprint density at radius 3 is 2.71 bits per heavy atom. The van der Waals surface area contributed by atoms with E-state index < -0.39 is 0 Å². The lowest BCUT2D eigenvalue weighted by molar-refractivity contribution is 0.221. The Bertz CT molecular complexity index is 599. The van der Waals surface area contributed by atoms with Crippen molar-refractivity contribution in [1.29, 1.82) is 0 Å². The van der Waals surface area contributed by atoms with E-state index in [2.05, 4.69) is 34.6 Å². The van der Waals surface area contributed by atoms with Crippen LogP contribution >= 0.6 is 11.6 Å².